The lowest BCUT2D eigenvalue weighted by Gasteiger charge is -2.05. The maximum Gasteiger partial charge on any atom is 0.333 e. The maximum absolute atomic E-state index is 12.1. The normalized spacial score (nSPS) is 10.7. The summed E-state index contributed by atoms with van der Waals surface area (Å²) in [5, 5.41) is 10.4. The summed E-state index contributed by atoms with van der Waals surface area (Å²) in [7, 11) is 1.58. The van der Waals surface area contributed by atoms with Gasteiger partial charge in [-0.15, -0.1) is 0 Å². The number of ether oxygens (including phenoxy) is 1. The predicted molar refractivity (Wildman–Crippen MR) is 88.5 cm³/mol. The van der Waals surface area contributed by atoms with Gasteiger partial charge < -0.3 is 14.8 Å². The Bertz CT molecular complexity index is 833. The van der Waals surface area contributed by atoms with Crippen LogP contribution < -0.4 is 10.4 Å². The minimum absolute atomic E-state index is 0.0453. The minimum atomic E-state index is -0.351. The molecule has 0 bridgehead atoms. The molecule has 2 aromatic carbocycles. The van der Waals surface area contributed by atoms with Gasteiger partial charge in [0.25, 0.3) is 0 Å². The van der Waals surface area contributed by atoms with Crippen LogP contribution in [0, 0.1) is 0 Å². The van der Waals surface area contributed by atoms with Gasteiger partial charge in [0.2, 0.25) is 5.88 Å². The number of H-pyrrole nitrogens is 1. The molecule has 1 heterocycles. The Balaban J connectivity index is 1.85. The topological polar surface area (TPSA) is 67.2 Å². The highest BCUT2D eigenvalue weighted by molar-refractivity contribution is 5.41. The highest BCUT2D eigenvalue weighted by Crippen LogP contribution is 2.21. The van der Waals surface area contributed by atoms with E-state index >= 15 is 0 Å². The van der Waals surface area contributed by atoms with Crippen molar-refractivity contribution in [1.29, 1.82) is 0 Å². The summed E-state index contributed by atoms with van der Waals surface area (Å²) in [5.74, 6) is 0.650. The zero-order valence-electron chi connectivity index (χ0n) is 12.8. The molecule has 5 heteroatoms. The highest BCUT2D eigenvalue weighted by atomic mass is 16.5. The molecule has 1 aromatic heterocycles. The van der Waals surface area contributed by atoms with Gasteiger partial charge in [0.05, 0.1) is 18.5 Å². The Kier molecular flexibility index (Phi) is 4.19. The van der Waals surface area contributed by atoms with Crippen molar-refractivity contribution in [3.8, 4) is 17.3 Å². The number of aromatic hydroxyl groups is 1. The van der Waals surface area contributed by atoms with Crippen LogP contribution in [0.5, 0.6) is 11.6 Å². The van der Waals surface area contributed by atoms with Gasteiger partial charge in [-0.1, -0.05) is 30.3 Å². The third-order valence-corrected chi connectivity index (χ3v) is 3.78. The first-order valence-electron chi connectivity index (χ1n) is 7.40. The average molecular weight is 310 g/mol. The molecule has 0 amide bonds. The molecule has 0 saturated carbocycles. The Labute approximate surface area is 133 Å². The molecule has 0 spiro atoms. The second-order valence-electron chi connectivity index (χ2n) is 5.25. The van der Waals surface area contributed by atoms with E-state index in [4.69, 9.17) is 4.74 Å². The first kappa shape index (κ1) is 15.0. The number of benzene rings is 2. The summed E-state index contributed by atoms with van der Waals surface area (Å²) in [5.41, 5.74) is 1.94. The van der Waals surface area contributed by atoms with Crippen LogP contribution in [0.2, 0.25) is 0 Å². The zero-order chi connectivity index (χ0) is 16.2. The van der Waals surface area contributed by atoms with Crippen molar-refractivity contribution in [2.24, 2.45) is 0 Å². The number of hydrogen-bond acceptors (Lipinski definition) is 3. The van der Waals surface area contributed by atoms with Crippen molar-refractivity contribution in [3.05, 3.63) is 76.3 Å². The van der Waals surface area contributed by atoms with Crippen LogP contribution in [0.25, 0.3) is 5.69 Å². The number of hydrogen-bond donors (Lipinski definition) is 2. The van der Waals surface area contributed by atoms with Gasteiger partial charge in [0.15, 0.2) is 0 Å². The number of methoxy groups -OCH3 is 1. The maximum atomic E-state index is 12.1. The van der Waals surface area contributed by atoms with Crippen LogP contribution >= 0.6 is 0 Å². The molecule has 3 rings (SSSR count). The molecule has 2 N–H and O–H groups in total. The van der Waals surface area contributed by atoms with E-state index in [0.29, 0.717) is 23.6 Å². The number of nitrogens with one attached hydrogen (secondary N) is 1. The Morgan fingerprint density at radius 2 is 1.74 bits per heavy atom. The molecule has 0 radical (unpaired) electrons. The molecule has 5 nitrogen and oxygen atoms in total. The number of aromatic nitrogens is 2. The van der Waals surface area contributed by atoms with Crippen LogP contribution in [-0.2, 0) is 12.8 Å². The van der Waals surface area contributed by atoms with Crippen LogP contribution in [0.15, 0.2) is 59.4 Å². The standard InChI is InChI=1S/C18H18N2O3/c1-23-15-10-8-14(9-11-15)20-17(21)16(19-18(20)22)12-7-13-5-3-2-4-6-13/h2-6,8-11,21H,7,12H2,1H3,(H,19,22). The second kappa shape index (κ2) is 6.44. The van der Waals surface area contributed by atoms with E-state index in [-0.39, 0.29) is 11.6 Å². The lowest BCUT2D eigenvalue weighted by Crippen LogP contribution is -2.14. The molecule has 0 aliphatic rings. The quantitative estimate of drug-likeness (QED) is 0.761. The molecular formula is C18H18N2O3. The van der Waals surface area contributed by atoms with Gasteiger partial charge >= 0.3 is 5.69 Å². The molecule has 0 aliphatic heterocycles. The molecule has 0 aliphatic carbocycles. The number of aryl methyl sites for hydroxylation is 2. The molecule has 0 unspecified atom stereocenters. The summed E-state index contributed by atoms with van der Waals surface area (Å²) < 4.78 is 6.36. The van der Waals surface area contributed by atoms with E-state index < -0.39 is 0 Å². The van der Waals surface area contributed by atoms with E-state index in [0.717, 1.165) is 12.0 Å². The number of imidazole rings is 1. The third-order valence-electron chi connectivity index (χ3n) is 3.78. The number of aromatic amines is 1. The largest absolute Gasteiger partial charge is 0.497 e. The van der Waals surface area contributed by atoms with Crippen LogP contribution in [0.4, 0.5) is 0 Å². The SMILES string of the molecule is COc1ccc(-n2c(O)c(CCc3ccccc3)[nH]c2=O)cc1. The van der Waals surface area contributed by atoms with Gasteiger partial charge in [0.1, 0.15) is 5.75 Å². The fraction of sp³-hybridized carbons (Fsp3) is 0.167. The van der Waals surface area contributed by atoms with Gasteiger partial charge in [-0.25, -0.2) is 9.36 Å². The number of rotatable bonds is 5. The molecule has 0 atom stereocenters. The van der Waals surface area contributed by atoms with E-state index in [1.165, 1.54) is 4.57 Å². The third kappa shape index (κ3) is 3.13. The highest BCUT2D eigenvalue weighted by Gasteiger charge is 2.14. The number of nitrogens with zero attached hydrogens (tertiary/aromatic N) is 1. The van der Waals surface area contributed by atoms with Crippen molar-refractivity contribution < 1.29 is 9.84 Å². The monoisotopic (exact) mass is 310 g/mol. The lowest BCUT2D eigenvalue weighted by atomic mass is 10.1. The predicted octanol–water partition coefficient (Wildman–Crippen LogP) is 2.67. The van der Waals surface area contributed by atoms with Gasteiger partial charge in [-0.2, -0.15) is 0 Å². The fourth-order valence-electron chi connectivity index (χ4n) is 2.53. The van der Waals surface area contributed by atoms with Crippen LogP contribution in [0.3, 0.4) is 0 Å². The molecule has 0 saturated heterocycles. The van der Waals surface area contributed by atoms with Gasteiger partial charge in [-0.05, 0) is 42.7 Å². The summed E-state index contributed by atoms with van der Waals surface area (Å²) in [6.45, 7) is 0. The van der Waals surface area contributed by atoms with Gasteiger partial charge in [0, 0.05) is 0 Å². The van der Waals surface area contributed by atoms with Crippen molar-refractivity contribution in [2.45, 2.75) is 12.8 Å². The fourth-order valence-corrected chi connectivity index (χ4v) is 2.53. The van der Waals surface area contributed by atoms with E-state index in [1.54, 1.807) is 31.4 Å². The minimum Gasteiger partial charge on any atom is -0.497 e. The first-order chi connectivity index (χ1) is 11.2. The van der Waals surface area contributed by atoms with Crippen molar-refractivity contribution in [1.82, 2.24) is 9.55 Å². The zero-order valence-corrected chi connectivity index (χ0v) is 12.8. The van der Waals surface area contributed by atoms with Crippen molar-refractivity contribution in [3.63, 3.8) is 0 Å². The Hall–Kier alpha value is -2.95. The van der Waals surface area contributed by atoms with E-state index in [1.807, 2.05) is 30.3 Å². The van der Waals surface area contributed by atoms with Crippen molar-refractivity contribution >= 4 is 0 Å². The summed E-state index contributed by atoms with van der Waals surface area (Å²) in [4.78, 5) is 14.9. The smallest absolute Gasteiger partial charge is 0.333 e. The molecule has 118 valence electrons. The van der Waals surface area contributed by atoms with Gasteiger partial charge in [-0.3, -0.25) is 0 Å². The summed E-state index contributed by atoms with van der Waals surface area (Å²) >= 11 is 0. The first-order valence-corrected chi connectivity index (χ1v) is 7.40. The Morgan fingerprint density at radius 3 is 2.39 bits per heavy atom. The molecule has 23 heavy (non-hydrogen) atoms. The average Bonchev–Trinajstić information content (AvgIpc) is 2.88. The van der Waals surface area contributed by atoms with E-state index in [2.05, 4.69) is 4.98 Å². The van der Waals surface area contributed by atoms with Crippen molar-refractivity contribution in [2.75, 3.05) is 7.11 Å². The van der Waals surface area contributed by atoms with Crippen LogP contribution in [0.1, 0.15) is 11.3 Å². The molecule has 0 fully saturated rings. The Morgan fingerprint density at radius 1 is 1.04 bits per heavy atom. The summed E-state index contributed by atoms with van der Waals surface area (Å²) in [6.07, 6.45) is 1.31. The van der Waals surface area contributed by atoms with Crippen LogP contribution in [-0.4, -0.2) is 21.8 Å². The molecular weight excluding hydrogens is 292 g/mol. The second-order valence-corrected chi connectivity index (χ2v) is 5.25. The van der Waals surface area contributed by atoms with E-state index in [9.17, 15) is 9.90 Å². The summed E-state index contributed by atoms with van der Waals surface area (Å²) in [6, 6.07) is 16.9. The molecule has 3 aromatic rings. The lowest BCUT2D eigenvalue weighted by molar-refractivity contribution is 0.414.